The number of aryl methyl sites for hydroxylation is 1. The van der Waals surface area contributed by atoms with Crippen molar-refractivity contribution >= 4 is 5.82 Å². The molecule has 17 heavy (non-hydrogen) atoms. The van der Waals surface area contributed by atoms with E-state index in [0.717, 1.165) is 0 Å². The lowest BCUT2D eigenvalue weighted by atomic mass is 9.64. The number of aromatic nitrogens is 2. The molecule has 2 atom stereocenters. The summed E-state index contributed by atoms with van der Waals surface area (Å²) in [6, 6.07) is 0.0478. The molecule has 2 unspecified atom stereocenters. The number of aliphatic hydroxyl groups is 1. The van der Waals surface area contributed by atoms with E-state index in [1.54, 1.807) is 0 Å². The highest BCUT2D eigenvalue weighted by Gasteiger charge is 2.47. The van der Waals surface area contributed by atoms with Crippen LogP contribution in [0.15, 0.2) is 6.33 Å². The maximum atomic E-state index is 13.9. The number of rotatable bonds is 3. The normalized spacial score (nSPS) is 26.4. The molecule has 2 N–H and O–H groups in total. The number of nitrogens with zero attached hydrogens (tertiary/aromatic N) is 2. The predicted octanol–water partition coefficient (Wildman–Crippen LogP) is 1.75. The van der Waals surface area contributed by atoms with Gasteiger partial charge in [0, 0.05) is 11.5 Å². The van der Waals surface area contributed by atoms with E-state index in [1.165, 1.54) is 6.33 Å². The van der Waals surface area contributed by atoms with Crippen molar-refractivity contribution in [2.45, 2.75) is 45.8 Å². The molecule has 1 aromatic rings. The van der Waals surface area contributed by atoms with Crippen LogP contribution in [0.25, 0.3) is 0 Å². The van der Waals surface area contributed by atoms with Crippen LogP contribution in [0.4, 0.5) is 10.2 Å². The van der Waals surface area contributed by atoms with Crippen molar-refractivity contribution in [1.29, 1.82) is 0 Å². The fraction of sp³-hybridized carbons (Fsp3) is 0.667. The van der Waals surface area contributed by atoms with Gasteiger partial charge in [-0.05, 0) is 12.8 Å². The van der Waals surface area contributed by atoms with Gasteiger partial charge in [0.1, 0.15) is 6.33 Å². The summed E-state index contributed by atoms with van der Waals surface area (Å²) < 4.78 is 13.9. The van der Waals surface area contributed by atoms with Gasteiger partial charge in [-0.3, -0.25) is 0 Å². The Morgan fingerprint density at radius 2 is 2.24 bits per heavy atom. The fourth-order valence-corrected chi connectivity index (χ4v) is 2.07. The minimum absolute atomic E-state index is 0.0478. The summed E-state index contributed by atoms with van der Waals surface area (Å²) in [7, 11) is 0. The van der Waals surface area contributed by atoms with Gasteiger partial charge in [-0.2, -0.15) is 0 Å². The number of nitrogens with one attached hydrogen (secondary N) is 1. The molecule has 0 radical (unpaired) electrons. The van der Waals surface area contributed by atoms with Crippen LogP contribution in [-0.4, -0.2) is 27.2 Å². The lowest BCUT2D eigenvalue weighted by Crippen LogP contribution is -2.57. The monoisotopic (exact) mass is 239 g/mol. The molecule has 5 heteroatoms. The summed E-state index contributed by atoms with van der Waals surface area (Å²) >= 11 is 0. The first-order chi connectivity index (χ1) is 7.96. The first-order valence-electron chi connectivity index (χ1n) is 5.90. The summed E-state index contributed by atoms with van der Waals surface area (Å²) in [5, 5.41) is 12.7. The third-order valence-corrected chi connectivity index (χ3v) is 3.72. The van der Waals surface area contributed by atoms with Gasteiger partial charge < -0.3 is 10.4 Å². The SMILES string of the molecule is CCc1ncnc(NC2CC(O)C2(C)C)c1F. The van der Waals surface area contributed by atoms with Crippen molar-refractivity contribution in [3.05, 3.63) is 17.8 Å². The molecule has 1 fully saturated rings. The van der Waals surface area contributed by atoms with Gasteiger partial charge in [0.2, 0.25) is 0 Å². The molecule has 1 heterocycles. The Morgan fingerprint density at radius 3 is 2.76 bits per heavy atom. The van der Waals surface area contributed by atoms with Crippen LogP contribution in [0.5, 0.6) is 0 Å². The van der Waals surface area contributed by atoms with E-state index in [1.807, 2.05) is 20.8 Å². The Balaban J connectivity index is 2.15. The number of hydrogen-bond donors (Lipinski definition) is 2. The smallest absolute Gasteiger partial charge is 0.186 e. The molecular formula is C12H18FN3O. The molecule has 1 aliphatic carbocycles. The molecule has 1 aliphatic rings. The molecule has 0 amide bonds. The van der Waals surface area contributed by atoms with Crippen LogP contribution in [0.2, 0.25) is 0 Å². The topological polar surface area (TPSA) is 58.0 Å². The summed E-state index contributed by atoms with van der Waals surface area (Å²) in [5.74, 6) is -0.144. The molecule has 94 valence electrons. The zero-order chi connectivity index (χ0) is 12.6. The summed E-state index contributed by atoms with van der Waals surface area (Å²) in [6.07, 6.45) is 2.19. The van der Waals surface area contributed by atoms with Gasteiger partial charge in [0.25, 0.3) is 0 Å². The standard InChI is InChI=1S/C12H18FN3O/c1-4-7-10(13)11(15-6-14-7)16-8-5-9(17)12(8,2)3/h6,8-9,17H,4-5H2,1-3H3,(H,14,15,16). The fourth-order valence-electron chi connectivity index (χ4n) is 2.07. The molecule has 1 aromatic heterocycles. The van der Waals surface area contributed by atoms with Gasteiger partial charge in [-0.25, -0.2) is 14.4 Å². The van der Waals surface area contributed by atoms with E-state index in [-0.39, 0.29) is 29.2 Å². The Bertz CT molecular complexity index is 422. The van der Waals surface area contributed by atoms with Crippen molar-refractivity contribution in [3.63, 3.8) is 0 Å². The van der Waals surface area contributed by atoms with Crippen LogP contribution in [0.3, 0.4) is 0 Å². The van der Waals surface area contributed by atoms with Crippen LogP contribution in [0.1, 0.15) is 32.9 Å². The molecule has 2 rings (SSSR count). The van der Waals surface area contributed by atoms with Gasteiger partial charge >= 0.3 is 0 Å². The average molecular weight is 239 g/mol. The highest BCUT2D eigenvalue weighted by Crippen LogP contribution is 2.42. The van der Waals surface area contributed by atoms with E-state index in [4.69, 9.17) is 0 Å². The van der Waals surface area contributed by atoms with Gasteiger partial charge in [0.15, 0.2) is 11.6 Å². The van der Waals surface area contributed by atoms with Crippen molar-refractivity contribution < 1.29 is 9.50 Å². The van der Waals surface area contributed by atoms with Crippen molar-refractivity contribution in [2.75, 3.05) is 5.32 Å². The summed E-state index contributed by atoms with van der Waals surface area (Å²) in [6.45, 7) is 5.77. The molecular weight excluding hydrogens is 221 g/mol. The Labute approximate surface area is 100 Å². The quantitative estimate of drug-likeness (QED) is 0.843. The minimum Gasteiger partial charge on any atom is -0.392 e. The second-order valence-electron chi connectivity index (χ2n) is 5.11. The number of halogens is 1. The Hall–Kier alpha value is -1.23. The largest absolute Gasteiger partial charge is 0.392 e. The van der Waals surface area contributed by atoms with Crippen LogP contribution >= 0.6 is 0 Å². The molecule has 0 aliphatic heterocycles. The third kappa shape index (κ3) is 1.99. The van der Waals surface area contributed by atoms with Gasteiger partial charge in [-0.1, -0.05) is 20.8 Å². The molecule has 0 bridgehead atoms. The maximum absolute atomic E-state index is 13.9. The van der Waals surface area contributed by atoms with Crippen molar-refractivity contribution in [2.24, 2.45) is 5.41 Å². The van der Waals surface area contributed by atoms with E-state index in [9.17, 15) is 9.50 Å². The van der Waals surface area contributed by atoms with Gasteiger partial charge in [0.05, 0.1) is 11.8 Å². The first-order valence-corrected chi connectivity index (χ1v) is 5.90. The Morgan fingerprint density at radius 1 is 1.53 bits per heavy atom. The average Bonchev–Trinajstić information content (AvgIpc) is 2.31. The molecule has 0 saturated heterocycles. The van der Waals surface area contributed by atoms with Crippen molar-refractivity contribution in [3.8, 4) is 0 Å². The zero-order valence-electron chi connectivity index (χ0n) is 10.4. The number of aliphatic hydroxyl groups excluding tert-OH is 1. The molecule has 0 spiro atoms. The lowest BCUT2D eigenvalue weighted by Gasteiger charge is -2.49. The number of anilines is 1. The van der Waals surface area contributed by atoms with Crippen LogP contribution in [0, 0.1) is 11.2 Å². The van der Waals surface area contributed by atoms with E-state index >= 15 is 0 Å². The summed E-state index contributed by atoms with van der Waals surface area (Å²) in [4.78, 5) is 7.80. The predicted molar refractivity (Wildman–Crippen MR) is 63.2 cm³/mol. The van der Waals surface area contributed by atoms with Crippen molar-refractivity contribution in [1.82, 2.24) is 9.97 Å². The summed E-state index contributed by atoms with van der Waals surface area (Å²) in [5.41, 5.74) is 0.171. The van der Waals surface area contributed by atoms with Crippen LogP contribution in [-0.2, 0) is 6.42 Å². The highest BCUT2D eigenvalue weighted by molar-refractivity contribution is 5.40. The molecule has 4 nitrogen and oxygen atoms in total. The minimum atomic E-state index is -0.382. The second kappa shape index (κ2) is 4.22. The number of hydrogen-bond acceptors (Lipinski definition) is 4. The zero-order valence-corrected chi connectivity index (χ0v) is 10.4. The maximum Gasteiger partial charge on any atom is 0.186 e. The third-order valence-electron chi connectivity index (χ3n) is 3.72. The van der Waals surface area contributed by atoms with E-state index in [0.29, 0.717) is 18.5 Å². The molecule has 1 saturated carbocycles. The first kappa shape index (κ1) is 12.2. The lowest BCUT2D eigenvalue weighted by molar-refractivity contribution is -0.0512. The van der Waals surface area contributed by atoms with E-state index < -0.39 is 0 Å². The van der Waals surface area contributed by atoms with E-state index in [2.05, 4.69) is 15.3 Å². The van der Waals surface area contributed by atoms with Crippen LogP contribution < -0.4 is 5.32 Å². The Kier molecular flexibility index (Phi) is 3.03. The highest BCUT2D eigenvalue weighted by atomic mass is 19.1. The van der Waals surface area contributed by atoms with Gasteiger partial charge in [-0.15, -0.1) is 0 Å². The molecule has 0 aromatic carbocycles. The second-order valence-corrected chi connectivity index (χ2v) is 5.11.